The van der Waals surface area contributed by atoms with E-state index in [-0.39, 0.29) is 23.7 Å². The predicted molar refractivity (Wildman–Crippen MR) is 75.0 cm³/mol. The fourth-order valence-electron chi connectivity index (χ4n) is 2.59. The van der Waals surface area contributed by atoms with Crippen molar-refractivity contribution in [3.63, 3.8) is 0 Å². The molecule has 3 rings (SSSR count). The number of nitrogen functional groups attached to an aromatic ring is 1. The van der Waals surface area contributed by atoms with E-state index in [1.807, 2.05) is 0 Å². The lowest BCUT2D eigenvalue weighted by atomic mass is 10.1. The van der Waals surface area contributed by atoms with Crippen LogP contribution < -0.4 is 11.3 Å². The number of hydrogen-bond donors (Lipinski definition) is 4. The van der Waals surface area contributed by atoms with Crippen LogP contribution in [0.25, 0.3) is 11.2 Å². The van der Waals surface area contributed by atoms with E-state index in [0.29, 0.717) is 6.61 Å². The van der Waals surface area contributed by atoms with Crippen LogP contribution in [-0.4, -0.2) is 61.3 Å². The first-order valence-corrected chi connectivity index (χ1v) is 6.85. The number of aliphatic hydroxyl groups is 2. The lowest BCUT2D eigenvalue weighted by molar-refractivity contribution is -0.0676. The number of anilines is 1. The summed E-state index contributed by atoms with van der Waals surface area (Å²) in [6.07, 6.45) is -1.92. The quantitative estimate of drug-likeness (QED) is 0.525. The lowest BCUT2D eigenvalue weighted by Gasteiger charge is -2.21. The molecule has 3 heterocycles. The van der Waals surface area contributed by atoms with Crippen LogP contribution in [0.4, 0.5) is 5.95 Å². The van der Waals surface area contributed by atoms with Gasteiger partial charge in [-0.25, -0.2) is 4.98 Å². The highest BCUT2D eigenvalue weighted by molar-refractivity contribution is 5.70. The van der Waals surface area contributed by atoms with E-state index in [4.69, 9.17) is 15.2 Å². The minimum Gasteiger partial charge on any atom is -0.394 e. The zero-order chi connectivity index (χ0) is 15.9. The highest BCUT2D eigenvalue weighted by Gasteiger charge is 2.45. The number of aliphatic hydroxyl groups excluding tert-OH is 2. The van der Waals surface area contributed by atoms with Gasteiger partial charge in [0.05, 0.1) is 12.9 Å². The van der Waals surface area contributed by atoms with E-state index in [0.717, 1.165) is 0 Å². The molecule has 1 saturated heterocycles. The molecule has 0 radical (unpaired) electrons. The number of imidazole rings is 1. The minimum absolute atomic E-state index is 0.0514. The molecule has 120 valence electrons. The van der Waals surface area contributed by atoms with Crippen LogP contribution in [0.5, 0.6) is 0 Å². The van der Waals surface area contributed by atoms with E-state index < -0.39 is 30.1 Å². The van der Waals surface area contributed by atoms with Gasteiger partial charge in [-0.3, -0.25) is 14.3 Å². The normalized spacial score (nSPS) is 28.5. The molecule has 10 heteroatoms. The molecule has 0 bridgehead atoms. The van der Waals surface area contributed by atoms with E-state index in [2.05, 4.69) is 15.0 Å². The number of hydrogen-bond acceptors (Lipinski definition) is 8. The summed E-state index contributed by atoms with van der Waals surface area (Å²) in [6.45, 7) is 1.77. The van der Waals surface area contributed by atoms with Gasteiger partial charge in [0.25, 0.3) is 5.56 Å². The van der Waals surface area contributed by atoms with Crippen molar-refractivity contribution >= 4 is 17.1 Å². The first-order valence-electron chi connectivity index (χ1n) is 6.85. The lowest BCUT2D eigenvalue weighted by Crippen LogP contribution is -2.35. The molecular weight excluding hydrogens is 294 g/mol. The van der Waals surface area contributed by atoms with E-state index in [1.165, 1.54) is 10.9 Å². The van der Waals surface area contributed by atoms with Gasteiger partial charge in [0.1, 0.15) is 18.3 Å². The average molecular weight is 311 g/mol. The molecule has 0 aliphatic carbocycles. The molecule has 1 aliphatic rings. The van der Waals surface area contributed by atoms with E-state index >= 15 is 0 Å². The maximum atomic E-state index is 11.8. The fraction of sp³-hybridized carbons (Fsp3) is 0.583. The molecule has 2 aromatic rings. The number of aromatic nitrogens is 4. The summed E-state index contributed by atoms with van der Waals surface area (Å²) >= 11 is 0. The second-order valence-corrected chi connectivity index (χ2v) is 4.93. The number of nitrogens with two attached hydrogens (primary N) is 1. The van der Waals surface area contributed by atoms with Gasteiger partial charge in [0.2, 0.25) is 5.95 Å². The van der Waals surface area contributed by atoms with Crippen LogP contribution in [0.2, 0.25) is 0 Å². The van der Waals surface area contributed by atoms with Crippen molar-refractivity contribution in [2.24, 2.45) is 0 Å². The molecule has 4 atom stereocenters. The summed E-state index contributed by atoms with van der Waals surface area (Å²) in [5.41, 5.74) is 5.42. The Hall–Kier alpha value is -2.01. The first kappa shape index (κ1) is 14.9. The van der Waals surface area contributed by atoms with Gasteiger partial charge in [-0.1, -0.05) is 0 Å². The Kier molecular flexibility index (Phi) is 3.83. The third-order valence-corrected chi connectivity index (χ3v) is 3.58. The van der Waals surface area contributed by atoms with E-state index in [1.54, 1.807) is 6.92 Å². The molecule has 2 aromatic heterocycles. The predicted octanol–water partition coefficient (Wildman–Crippen LogP) is -1.64. The van der Waals surface area contributed by atoms with Crippen molar-refractivity contribution in [1.82, 2.24) is 19.5 Å². The van der Waals surface area contributed by atoms with E-state index in [9.17, 15) is 15.0 Å². The van der Waals surface area contributed by atoms with Gasteiger partial charge in [-0.05, 0) is 6.92 Å². The van der Waals surface area contributed by atoms with Crippen LogP contribution in [0.3, 0.4) is 0 Å². The number of fused-ring (bicyclic) bond motifs is 1. The van der Waals surface area contributed by atoms with Crippen molar-refractivity contribution in [2.45, 2.75) is 31.5 Å². The number of aromatic amines is 1. The standard InChI is InChI=1S/C12H17N5O5/c1-2-21-8-7(19)5(3-18)22-11(8)17-4-14-6-9(17)15-12(13)16-10(6)20/h4-5,7-8,11,18-19H,2-3H2,1H3,(H3,13,15,16,20)/t5-,7?,8?,11-/m1/s1. The Morgan fingerprint density at radius 1 is 1.59 bits per heavy atom. The zero-order valence-corrected chi connectivity index (χ0v) is 11.8. The van der Waals surface area contributed by atoms with Crippen LogP contribution in [0, 0.1) is 0 Å². The molecular formula is C12H17N5O5. The molecule has 1 aliphatic heterocycles. The minimum atomic E-state index is -1.01. The molecule has 1 fully saturated rings. The summed E-state index contributed by atoms with van der Waals surface area (Å²) in [5, 5.41) is 19.5. The SMILES string of the molecule is CCOC1C(O)[C@@H](CO)O[C@H]1n1cnc2c(=O)[nH]c(N)nc21. The molecule has 0 amide bonds. The van der Waals surface area contributed by atoms with Crippen LogP contribution >= 0.6 is 0 Å². The van der Waals surface area contributed by atoms with Gasteiger partial charge < -0.3 is 25.4 Å². The second-order valence-electron chi connectivity index (χ2n) is 4.93. The Bertz CT molecular complexity index is 728. The number of nitrogens with zero attached hydrogens (tertiary/aromatic N) is 3. The van der Waals surface area contributed by atoms with Gasteiger partial charge in [-0.2, -0.15) is 4.98 Å². The topological polar surface area (TPSA) is 149 Å². The summed E-state index contributed by atoms with van der Waals surface area (Å²) < 4.78 is 12.6. The fourth-order valence-corrected chi connectivity index (χ4v) is 2.59. The molecule has 0 spiro atoms. The molecule has 0 saturated carbocycles. The maximum absolute atomic E-state index is 11.8. The van der Waals surface area contributed by atoms with Gasteiger partial charge in [0, 0.05) is 6.61 Å². The molecule has 10 nitrogen and oxygen atoms in total. The molecule has 0 aromatic carbocycles. The van der Waals surface area contributed by atoms with Crippen LogP contribution in [-0.2, 0) is 9.47 Å². The Balaban J connectivity index is 2.07. The van der Waals surface area contributed by atoms with Gasteiger partial charge >= 0.3 is 0 Å². The maximum Gasteiger partial charge on any atom is 0.280 e. The van der Waals surface area contributed by atoms with Crippen molar-refractivity contribution in [2.75, 3.05) is 18.9 Å². The average Bonchev–Trinajstić information content (AvgIpc) is 3.02. The summed E-state index contributed by atoms with van der Waals surface area (Å²) in [6, 6.07) is 0. The highest BCUT2D eigenvalue weighted by Crippen LogP contribution is 2.33. The molecule has 5 N–H and O–H groups in total. The van der Waals surface area contributed by atoms with Crippen molar-refractivity contribution in [1.29, 1.82) is 0 Å². The third kappa shape index (κ3) is 2.25. The summed E-state index contributed by atoms with van der Waals surface area (Å²) in [7, 11) is 0. The van der Waals surface area contributed by atoms with Gasteiger partial charge in [0.15, 0.2) is 17.4 Å². The van der Waals surface area contributed by atoms with Crippen molar-refractivity contribution in [3.8, 4) is 0 Å². The molecule has 2 unspecified atom stereocenters. The van der Waals surface area contributed by atoms with Crippen molar-refractivity contribution in [3.05, 3.63) is 16.7 Å². The first-order chi connectivity index (χ1) is 10.6. The Morgan fingerprint density at radius 3 is 3.05 bits per heavy atom. The van der Waals surface area contributed by atoms with Crippen LogP contribution in [0.15, 0.2) is 11.1 Å². The Labute approximate surface area is 124 Å². The summed E-state index contributed by atoms with van der Waals surface area (Å²) in [5.74, 6) is -0.0514. The number of H-pyrrole nitrogens is 1. The second kappa shape index (κ2) is 5.65. The number of nitrogens with one attached hydrogen (secondary N) is 1. The zero-order valence-electron chi connectivity index (χ0n) is 11.8. The smallest absolute Gasteiger partial charge is 0.280 e. The van der Waals surface area contributed by atoms with Gasteiger partial charge in [-0.15, -0.1) is 0 Å². The van der Waals surface area contributed by atoms with Crippen LogP contribution in [0.1, 0.15) is 13.2 Å². The number of ether oxygens (including phenoxy) is 2. The Morgan fingerprint density at radius 2 is 2.36 bits per heavy atom. The largest absolute Gasteiger partial charge is 0.394 e. The third-order valence-electron chi connectivity index (χ3n) is 3.58. The summed E-state index contributed by atoms with van der Waals surface area (Å²) in [4.78, 5) is 22.2. The number of rotatable bonds is 4. The monoisotopic (exact) mass is 311 g/mol. The molecule has 22 heavy (non-hydrogen) atoms. The highest BCUT2D eigenvalue weighted by atomic mass is 16.6. The van der Waals surface area contributed by atoms with Crippen molar-refractivity contribution < 1.29 is 19.7 Å².